The Kier molecular flexibility index (Phi) is 4.56. The molecule has 1 aromatic rings. The van der Waals surface area contributed by atoms with Crippen molar-refractivity contribution in [2.75, 3.05) is 18.4 Å². The molecule has 3 N–H and O–H groups in total. The van der Waals surface area contributed by atoms with E-state index >= 15 is 0 Å². The van der Waals surface area contributed by atoms with Crippen LogP contribution >= 0.6 is 0 Å². The molecule has 3 rings (SSSR count). The summed E-state index contributed by atoms with van der Waals surface area (Å²) in [5.74, 6) is 0.907. The van der Waals surface area contributed by atoms with Gasteiger partial charge in [-0.05, 0) is 43.4 Å². The van der Waals surface area contributed by atoms with Gasteiger partial charge in [-0.25, -0.2) is 0 Å². The molecule has 1 heterocycles. The van der Waals surface area contributed by atoms with Crippen molar-refractivity contribution in [3.63, 3.8) is 0 Å². The first-order valence-electron chi connectivity index (χ1n) is 8.10. The number of fused-ring (bicyclic) bond motifs is 1. The molecule has 1 amide bonds. The van der Waals surface area contributed by atoms with Gasteiger partial charge in [-0.15, -0.1) is 0 Å². The molecule has 4 heteroatoms. The van der Waals surface area contributed by atoms with Crippen LogP contribution in [-0.4, -0.2) is 29.9 Å². The number of carbonyl (C=O) groups is 1. The lowest BCUT2D eigenvalue weighted by molar-refractivity contribution is -0.117. The number of para-hydroxylation sites is 1. The normalized spacial score (nSPS) is 25.6. The molecule has 0 radical (unpaired) electrons. The molecule has 0 spiro atoms. The van der Waals surface area contributed by atoms with E-state index in [1.54, 1.807) is 0 Å². The van der Waals surface area contributed by atoms with Gasteiger partial charge in [0.25, 0.3) is 0 Å². The second kappa shape index (κ2) is 6.58. The number of likely N-dealkylation sites (tertiary alicyclic amines) is 1. The lowest BCUT2D eigenvalue weighted by Crippen LogP contribution is -2.40. The molecule has 21 heavy (non-hydrogen) atoms. The van der Waals surface area contributed by atoms with Crippen LogP contribution in [0.4, 0.5) is 5.69 Å². The van der Waals surface area contributed by atoms with E-state index in [1.165, 1.54) is 32.1 Å². The first-order valence-corrected chi connectivity index (χ1v) is 8.10. The highest BCUT2D eigenvalue weighted by atomic mass is 16.2. The number of nitrogens with zero attached hydrogens (tertiary/aromatic N) is 1. The summed E-state index contributed by atoms with van der Waals surface area (Å²) in [4.78, 5) is 14.7. The van der Waals surface area contributed by atoms with E-state index in [9.17, 15) is 4.79 Å². The second-order valence-electron chi connectivity index (χ2n) is 6.28. The van der Waals surface area contributed by atoms with Crippen molar-refractivity contribution in [3.8, 4) is 0 Å². The number of nitrogens with one attached hydrogen (secondary N) is 1. The van der Waals surface area contributed by atoms with Crippen molar-refractivity contribution < 1.29 is 4.79 Å². The number of carbonyl (C=O) groups excluding carboxylic acids is 1. The summed E-state index contributed by atoms with van der Waals surface area (Å²) in [6, 6.07) is 8.40. The Morgan fingerprint density at radius 3 is 2.90 bits per heavy atom. The summed E-state index contributed by atoms with van der Waals surface area (Å²) < 4.78 is 0. The summed E-state index contributed by atoms with van der Waals surface area (Å²) in [5.41, 5.74) is 7.56. The van der Waals surface area contributed by atoms with Gasteiger partial charge in [-0.1, -0.05) is 31.0 Å². The van der Waals surface area contributed by atoms with E-state index in [-0.39, 0.29) is 5.91 Å². The van der Waals surface area contributed by atoms with Crippen LogP contribution in [-0.2, 0) is 11.3 Å². The van der Waals surface area contributed by atoms with Gasteiger partial charge in [0.05, 0.1) is 6.54 Å². The van der Waals surface area contributed by atoms with Crippen molar-refractivity contribution in [1.29, 1.82) is 0 Å². The maximum Gasteiger partial charge on any atom is 0.238 e. The predicted octanol–water partition coefficient (Wildman–Crippen LogP) is 2.35. The lowest BCUT2D eigenvalue weighted by atomic mass is 9.85. The van der Waals surface area contributed by atoms with E-state index in [0.717, 1.165) is 23.7 Å². The third-order valence-electron chi connectivity index (χ3n) is 4.98. The maximum absolute atomic E-state index is 12.3. The van der Waals surface area contributed by atoms with E-state index in [1.807, 2.05) is 24.3 Å². The predicted molar refractivity (Wildman–Crippen MR) is 84.9 cm³/mol. The summed E-state index contributed by atoms with van der Waals surface area (Å²) in [5, 5.41) is 3.02. The molecule has 0 bridgehead atoms. The van der Waals surface area contributed by atoms with Gasteiger partial charge in [-0.2, -0.15) is 0 Å². The topological polar surface area (TPSA) is 58.4 Å². The summed E-state index contributed by atoms with van der Waals surface area (Å²) >= 11 is 0. The van der Waals surface area contributed by atoms with Gasteiger partial charge in [0.2, 0.25) is 5.91 Å². The molecule has 1 aromatic carbocycles. The van der Waals surface area contributed by atoms with Gasteiger partial charge in [0.15, 0.2) is 0 Å². The molecule has 2 unspecified atom stereocenters. The van der Waals surface area contributed by atoms with Crippen LogP contribution in [0.5, 0.6) is 0 Å². The van der Waals surface area contributed by atoms with Crippen LogP contribution in [0.3, 0.4) is 0 Å². The fraction of sp³-hybridized carbons (Fsp3) is 0.588. The fourth-order valence-corrected chi connectivity index (χ4v) is 3.89. The van der Waals surface area contributed by atoms with Crippen molar-refractivity contribution in [2.45, 2.75) is 44.7 Å². The van der Waals surface area contributed by atoms with E-state index in [2.05, 4.69) is 10.2 Å². The number of hydrogen-bond donors (Lipinski definition) is 2. The highest BCUT2D eigenvalue weighted by Gasteiger charge is 2.36. The molecule has 2 fully saturated rings. The van der Waals surface area contributed by atoms with Crippen LogP contribution in [0.15, 0.2) is 24.3 Å². The van der Waals surface area contributed by atoms with Crippen LogP contribution < -0.4 is 11.1 Å². The van der Waals surface area contributed by atoms with Gasteiger partial charge in [-0.3, -0.25) is 9.69 Å². The Morgan fingerprint density at radius 2 is 2.05 bits per heavy atom. The average Bonchev–Trinajstić information content (AvgIpc) is 2.91. The fourth-order valence-electron chi connectivity index (χ4n) is 3.89. The number of benzene rings is 1. The number of hydrogen-bond acceptors (Lipinski definition) is 3. The van der Waals surface area contributed by atoms with Gasteiger partial charge < -0.3 is 11.1 Å². The van der Waals surface area contributed by atoms with Gasteiger partial charge in [0.1, 0.15) is 0 Å². The van der Waals surface area contributed by atoms with Gasteiger partial charge >= 0.3 is 0 Å². The molecule has 2 aliphatic rings. The molecular formula is C17H25N3O. The maximum atomic E-state index is 12.3. The zero-order chi connectivity index (χ0) is 14.7. The summed E-state index contributed by atoms with van der Waals surface area (Å²) in [6.07, 6.45) is 6.55. The summed E-state index contributed by atoms with van der Waals surface area (Å²) in [6.45, 7) is 2.03. The zero-order valence-electron chi connectivity index (χ0n) is 12.6. The van der Waals surface area contributed by atoms with Crippen molar-refractivity contribution in [1.82, 2.24) is 4.90 Å². The molecule has 1 aliphatic carbocycles. The van der Waals surface area contributed by atoms with Crippen molar-refractivity contribution in [3.05, 3.63) is 29.8 Å². The summed E-state index contributed by atoms with van der Waals surface area (Å²) in [7, 11) is 0. The molecule has 2 atom stereocenters. The largest absolute Gasteiger partial charge is 0.326 e. The Hall–Kier alpha value is -1.39. The highest BCUT2D eigenvalue weighted by molar-refractivity contribution is 5.93. The van der Waals surface area contributed by atoms with Crippen LogP contribution in [0.1, 0.15) is 37.7 Å². The number of rotatable bonds is 4. The van der Waals surface area contributed by atoms with Crippen molar-refractivity contribution >= 4 is 11.6 Å². The van der Waals surface area contributed by atoms with E-state index in [0.29, 0.717) is 19.1 Å². The first-order chi connectivity index (χ1) is 10.3. The number of anilines is 1. The van der Waals surface area contributed by atoms with E-state index < -0.39 is 0 Å². The minimum atomic E-state index is 0.0853. The first kappa shape index (κ1) is 14.5. The smallest absolute Gasteiger partial charge is 0.238 e. The quantitative estimate of drug-likeness (QED) is 0.893. The molecule has 114 valence electrons. The molecular weight excluding hydrogens is 262 g/mol. The SMILES string of the molecule is NCc1ccccc1NC(=O)CN1CCC2CCCCC21. The Morgan fingerprint density at radius 1 is 1.24 bits per heavy atom. The van der Waals surface area contributed by atoms with E-state index in [4.69, 9.17) is 5.73 Å². The third kappa shape index (κ3) is 3.27. The molecule has 1 saturated carbocycles. The standard InChI is InChI=1S/C17H25N3O/c18-11-14-6-1-3-7-15(14)19-17(21)12-20-10-9-13-5-2-4-8-16(13)20/h1,3,6-7,13,16H,2,4-5,8-12,18H2,(H,19,21). The molecule has 4 nitrogen and oxygen atoms in total. The minimum Gasteiger partial charge on any atom is -0.326 e. The average molecular weight is 287 g/mol. The second-order valence-corrected chi connectivity index (χ2v) is 6.28. The zero-order valence-corrected chi connectivity index (χ0v) is 12.6. The van der Waals surface area contributed by atoms with Crippen LogP contribution in [0.2, 0.25) is 0 Å². The third-order valence-corrected chi connectivity index (χ3v) is 4.98. The number of amides is 1. The Bertz CT molecular complexity index is 503. The minimum absolute atomic E-state index is 0.0853. The van der Waals surface area contributed by atoms with Crippen molar-refractivity contribution in [2.24, 2.45) is 11.7 Å². The Balaban J connectivity index is 1.59. The van der Waals surface area contributed by atoms with Crippen LogP contribution in [0.25, 0.3) is 0 Å². The lowest BCUT2D eigenvalue weighted by Gasteiger charge is -2.31. The molecule has 1 aliphatic heterocycles. The monoisotopic (exact) mass is 287 g/mol. The van der Waals surface area contributed by atoms with Crippen LogP contribution in [0, 0.1) is 5.92 Å². The molecule has 0 aromatic heterocycles. The molecule has 1 saturated heterocycles. The number of nitrogens with two attached hydrogens (primary N) is 1. The Labute approximate surface area is 126 Å². The highest BCUT2D eigenvalue weighted by Crippen LogP contribution is 2.35. The van der Waals surface area contributed by atoms with Gasteiger partial charge in [0, 0.05) is 18.3 Å².